The minimum atomic E-state index is 0.294. The second kappa shape index (κ2) is 7.31. The molecule has 0 spiro atoms. The van der Waals surface area contributed by atoms with Crippen molar-refractivity contribution in [1.82, 2.24) is 15.1 Å². The molecule has 1 unspecified atom stereocenters. The molecule has 1 aliphatic heterocycles. The molecule has 1 saturated heterocycles. The molecule has 4 heteroatoms. The summed E-state index contributed by atoms with van der Waals surface area (Å²) in [6, 6.07) is 0. The summed E-state index contributed by atoms with van der Waals surface area (Å²) in [6.45, 7) is 11.7. The molecule has 1 N–H and O–H groups in total. The van der Waals surface area contributed by atoms with Gasteiger partial charge in [0.25, 0.3) is 0 Å². The molecule has 0 aromatic heterocycles. The first kappa shape index (κ1) is 14.9. The van der Waals surface area contributed by atoms with Crippen LogP contribution in [0.1, 0.15) is 20.3 Å². The van der Waals surface area contributed by atoms with Crippen molar-refractivity contribution in [1.29, 1.82) is 0 Å². The quantitative estimate of drug-likeness (QED) is 0.664. The van der Waals surface area contributed by atoms with E-state index in [4.69, 9.17) is 4.74 Å². The number of hydrogen-bond donors (Lipinski definition) is 1. The van der Waals surface area contributed by atoms with E-state index < -0.39 is 0 Å². The maximum atomic E-state index is 5.65. The van der Waals surface area contributed by atoms with Crippen LogP contribution in [-0.2, 0) is 4.74 Å². The molecule has 1 heterocycles. The molecule has 0 saturated carbocycles. The normalized spacial score (nSPS) is 26.6. The highest BCUT2D eigenvalue weighted by molar-refractivity contribution is 4.89. The zero-order valence-electron chi connectivity index (χ0n) is 12.0. The SMILES string of the molecule is CCC1(C)CN(CCOCCN(C)C)CCN1. The molecule has 1 fully saturated rings. The zero-order chi connectivity index (χ0) is 12.7. The lowest BCUT2D eigenvalue weighted by molar-refractivity contribution is 0.0691. The van der Waals surface area contributed by atoms with Crippen molar-refractivity contribution < 1.29 is 4.74 Å². The van der Waals surface area contributed by atoms with Crippen molar-refractivity contribution in [3.63, 3.8) is 0 Å². The first-order valence-electron chi connectivity index (χ1n) is 6.75. The molecule has 0 radical (unpaired) electrons. The smallest absolute Gasteiger partial charge is 0.0594 e. The molecule has 1 rings (SSSR count). The molecule has 17 heavy (non-hydrogen) atoms. The third-order valence-corrected chi connectivity index (χ3v) is 3.57. The van der Waals surface area contributed by atoms with Gasteiger partial charge in [0.15, 0.2) is 0 Å². The number of ether oxygens (including phenoxy) is 1. The fraction of sp³-hybridized carbons (Fsp3) is 1.00. The Balaban J connectivity index is 2.11. The number of rotatable bonds is 7. The molecule has 0 aromatic rings. The third kappa shape index (κ3) is 5.82. The first-order chi connectivity index (χ1) is 8.06. The van der Waals surface area contributed by atoms with Crippen LogP contribution in [0, 0.1) is 0 Å². The average molecular weight is 243 g/mol. The Hall–Kier alpha value is -0.160. The van der Waals surface area contributed by atoms with E-state index in [0.29, 0.717) is 5.54 Å². The van der Waals surface area contributed by atoms with Crippen LogP contribution in [0.15, 0.2) is 0 Å². The topological polar surface area (TPSA) is 27.7 Å². The van der Waals surface area contributed by atoms with Gasteiger partial charge < -0.3 is 15.0 Å². The highest BCUT2D eigenvalue weighted by atomic mass is 16.5. The molecule has 0 aliphatic carbocycles. The van der Waals surface area contributed by atoms with Gasteiger partial charge in [-0.05, 0) is 27.4 Å². The van der Waals surface area contributed by atoms with Crippen LogP contribution < -0.4 is 5.32 Å². The lowest BCUT2D eigenvalue weighted by atomic mass is 9.96. The monoisotopic (exact) mass is 243 g/mol. The van der Waals surface area contributed by atoms with E-state index in [2.05, 4.69) is 43.1 Å². The van der Waals surface area contributed by atoms with Crippen molar-refractivity contribution in [2.75, 3.05) is 60.0 Å². The number of nitrogens with zero attached hydrogens (tertiary/aromatic N) is 2. The minimum Gasteiger partial charge on any atom is -0.379 e. The molecule has 0 amide bonds. The lowest BCUT2D eigenvalue weighted by Gasteiger charge is -2.41. The van der Waals surface area contributed by atoms with Gasteiger partial charge >= 0.3 is 0 Å². The van der Waals surface area contributed by atoms with Crippen molar-refractivity contribution >= 4 is 0 Å². The molecule has 1 atom stereocenters. The predicted molar refractivity (Wildman–Crippen MR) is 72.5 cm³/mol. The zero-order valence-corrected chi connectivity index (χ0v) is 12.0. The molecule has 1 aliphatic rings. The number of piperazine rings is 1. The standard InChI is InChI=1S/C13H29N3O/c1-5-13(2)12-16(7-6-14-13)9-11-17-10-8-15(3)4/h14H,5-12H2,1-4H3. The van der Waals surface area contributed by atoms with Crippen LogP contribution >= 0.6 is 0 Å². The van der Waals surface area contributed by atoms with E-state index in [1.807, 2.05) is 0 Å². The average Bonchev–Trinajstić information content (AvgIpc) is 2.28. The molecule has 0 aromatic carbocycles. The van der Waals surface area contributed by atoms with Gasteiger partial charge in [-0.1, -0.05) is 6.92 Å². The summed E-state index contributed by atoms with van der Waals surface area (Å²) in [5, 5.41) is 3.60. The first-order valence-corrected chi connectivity index (χ1v) is 6.75. The van der Waals surface area contributed by atoms with Gasteiger partial charge in [-0.15, -0.1) is 0 Å². The predicted octanol–water partition coefficient (Wildman–Crippen LogP) is 0.639. The van der Waals surface area contributed by atoms with E-state index in [-0.39, 0.29) is 0 Å². The Morgan fingerprint density at radius 2 is 2.12 bits per heavy atom. The maximum absolute atomic E-state index is 5.65. The Bertz CT molecular complexity index is 211. The van der Waals surface area contributed by atoms with Gasteiger partial charge in [-0.2, -0.15) is 0 Å². The second-order valence-electron chi connectivity index (χ2n) is 5.53. The second-order valence-corrected chi connectivity index (χ2v) is 5.53. The Labute approximate surface area is 106 Å². The van der Waals surface area contributed by atoms with E-state index in [0.717, 1.165) is 45.9 Å². The summed E-state index contributed by atoms with van der Waals surface area (Å²) in [4.78, 5) is 4.66. The van der Waals surface area contributed by atoms with E-state index in [9.17, 15) is 0 Å². The summed E-state index contributed by atoms with van der Waals surface area (Å²) < 4.78 is 5.65. The van der Waals surface area contributed by atoms with Crippen molar-refractivity contribution in [2.45, 2.75) is 25.8 Å². The number of hydrogen-bond acceptors (Lipinski definition) is 4. The van der Waals surface area contributed by atoms with Gasteiger partial charge in [0.1, 0.15) is 0 Å². The van der Waals surface area contributed by atoms with Crippen LogP contribution in [0.2, 0.25) is 0 Å². The lowest BCUT2D eigenvalue weighted by Crippen LogP contribution is -2.58. The van der Waals surface area contributed by atoms with Crippen LogP contribution in [0.4, 0.5) is 0 Å². The Kier molecular flexibility index (Phi) is 6.41. The maximum Gasteiger partial charge on any atom is 0.0594 e. The minimum absolute atomic E-state index is 0.294. The summed E-state index contributed by atoms with van der Waals surface area (Å²) >= 11 is 0. The summed E-state index contributed by atoms with van der Waals surface area (Å²) in [5.41, 5.74) is 0.294. The van der Waals surface area contributed by atoms with Crippen molar-refractivity contribution in [3.8, 4) is 0 Å². The van der Waals surface area contributed by atoms with Gasteiger partial charge in [-0.25, -0.2) is 0 Å². The van der Waals surface area contributed by atoms with Crippen LogP contribution in [0.25, 0.3) is 0 Å². The van der Waals surface area contributed by atoms with E-state index in [1.165, 1.54) is 6.42 Å². The van der Waals surface area contributed by atoms with Crippen LogP contribution in [-0.4, -0.2) is 75.4 Å². The molecular formula is C13H29N3O. The van der Waals surface area contributed by atoms with Gasteiger partial charge in [-0.3, -0.25) is 4.90 Å². The fourth-order valence-corrected chi connectivity index (χ4v) is 2.11. The van der Waals surface area contributed by atoms with Crippen molar-refractivity contribution in [2.24, 2.45) is 0 Å². The third-order valence-electron chi connectivity index (χ3n) is 3.57. The van der Waals surface area contributed by atoms with Crippen LogP contribution in [0.3, 0.4) is 0 Å². The van der Waals surface area contributed by atoms with Crippen LogP contribution in [0.5, 0.6) is 0 Å². The fourth-order valence-electron chi connectivity index (χ4n) is 2.11. The summed E-state index contributed by atoms with van der Waals surface area (Å²) in [7, 11) is 4.15. The molecule has 0 bridgehead atoms. The highest BCUT2D eigenvalue weighted by Gasteiger charge is 2.28. The largest absolute Gasteiger partial charge is 0.379 e. The number of nitrogens with one attached hydrogen (secondary N) is 1. The number of likely N-dealkylation sites (N-methyl/N-ethyl adjacent to an activating group) is 1. The van der Waals surface area contributed by atoms with Gasteiger partial charge in [0, 0.05) is 38.3 Å². The van der Waals surface area contributed by atoms with Gasteiger partial charge in [0.2, 0.25) is 0 Å². The van der Waals surface area contributed by atoms with E-state index >= 15 is 0 Å². The Morgan fingerprint density at radius 1 is 1.35 bits per heavy atom. The van der Waals surface area contributed by atoms with Gasteiger partial charge in [0.05, 0.1) is 13.2 Å². The molecular weight excluding hydrogens is 214 g/mol. The Morgan fingerprint density at radius 3 is 2.76 bits per heavy atom. The summed E-state index contributed by atoms with van der Waals surface area (Å²) in [5.74, 6) is 0. The summed E-state index contributed by atoms with van der Waals surface area (Å²) in [6.07, 6.45) is 1.19. The molecule has 102 valence electrons. The highest BCUT2D eigenvalue weighted by Crippen LogP contribution is 2.14. The van der Waals surface area contributed by atoms with E-state index in [1.54, 1.807) is 0 Å². The molecule has 4 nitrogen and oxygen atoms in total. The van der Waals surface area contributed by atoms with Crippen molar-refractivity contribution in [3.05, 3.63) is 0 Å².